The minimum Gasteiger partial charge on any atom is -0.478 e. The van der Waals surface area contributed by atoms with E-state index in [9.17, 15) is 4.79 Å². The van der Waals surface area contributed by atoms with Crippen LogP contribution in [0.25, 0.3) is 0 Å². The van der Waals surface area contributed by atoms with E-state index in [-0.39, 0.29) is 5.91 Å². The number of amides is 1. The van der Waals surface area contributed by atoms with Crippen molar-refractivity contribution in [3.8, 4) is 5.75 Å². The molecule has 15 heavy (non-hydrogen) atoms. The second-order valence-electron chi connectivity index (χ2n) is 3.45. The Morgan fingerprint density at radius 1 is 1.47 bits per heavy atom. The summed E-state index contributed by atoms with van der Waals surface area (Å²) in [6.07, 6.45) is 0.0985. The Balaban J connectivity index is 2.32. The number of fused-ring (bicyclic) bond motifs is 1. The molecule has 0 fully saturated rings. The third-order valence-electron chi connectivity index (χ3n) is 2.47. The average Bonchev–Trinajstić information content (AvgIpc) is 2.26. The van der Waals surface area contributed by atoms with E-state index in [4.69, 9.17) is 16.3 Å². The molecule has 1 aliphatic heterocycles. The molecule has 0 saturated heterocycles. The van der Waals surface area contributed by atoms with Crippen LogP contribution in [-0.4, -0.2) is 24.9 Å². The minimum absolute atomic E-state index is 0.0330. The van der Waals surface area contributed by atoms with Gasteiger partial charge in [-0.25, -0.2) is 0 Å². The molecule has 0 aromatic heterocycles. The van der Waals surface area contributed by atoms with E-state index in [1.54, 1.807) is 11.9 Å². The van der Waals surface area contributed by atoms with Gasteiger partial charge in [0.2, 0.25) is 0 Å². The maximum atomic E-state index is 11.8. The molecule has 0 bridgehead atoms. The van der Waals surface area contributed by atoms with Crippen molar-refractivity contribution in [1.82, 2.24) is 0 Å². The van der Waals surface area contributed by atoms with Gasteiger partial charge in [-0.2, -0.15) is 0 Å². The molecule has 1 unspecified atom stereocenters. The standard InChI is InChI=1S/C11H12ClNO2/c1-13-8-4-2-3-5-9(8)15-10(6-7-12)11(13)14/h2-5,10H,6-7H2,1H3. The largest absolute Gasteiger partial charge is 0.478 e. The first kappa shape index (κ1) is 10.3. The van der Waals surface area contributed by atoms with Crippen molar-refractivity contribution in [2.24, 2.45) is 0 Å². The summed E-state index contributed by atoms with van der Waals surface area (Å²) in [6.45, 7) is 0. The van der Waals surface area contributed by atoms with E-state index in [1.165, 1.54) is 0 Å². The van der Waals surface area contributed by atoms with Crippen molar-refractivity contribution in [2.45, 2.75) is 12.5 Å². The van der Waals surface area contributed by atoms with Crippen LogP contribution in [0.4, 0.5) is 5.69 Å². The normalized spacial score (nSPS) is 19.7. The number of anilines is 1. The van der Waals surface area contributed by atoms with Gasteiger partial charge in [-0.05, 0) is 12.1 Å². The summed E-state index contributed by atoms with van der Waals surface area (Å²) in [5.41, 5.74) is 0.813. The summed E-state index contributed by atoms with van der Waals surface area (Å²) in [5.74, 6) is 1.14. The smallest absolute Gasteiger partial charge is 0.267 e. The highest BCUT2D eigenvalue weighted by molar-refractivity contribution is 6.18. The van der Waals surface area contributed by atoms with E-state index in [0.29, 0.717) is 12.3 Å². The lowest BCUT2D eigenvalue weighted by Crippen LogP contribution is -2.43. The van der Waals surface area contributed by atoms with Crippen LogP contribution in [0.3, 0.4) is 0 Å². The van der Waals surface area contributed by atoms with Crippen molar-refractivity contribution < 1.29 is 9.53 Å². The molecule has 1 aromatic rings. The van der Waals surface area contributed by atoms with Gasteiger partial charge >= 0.3 is 0 Å². The molecule has 0 spiro atoms. The first-order valence-corrected chi connectivity index (χ1v) is 5.36. The fourth-order valence-corrected chi connectivity index (χ4v) is 1.85. The lowest BCUT2D eigenvalue weighted by molar-refractivity contribution is -0.126. The number of hydrogen-bond acceptors (Lipinski definition) is 2. The van der Waals surface area contributed by atoms with Gasteiger partial charge in [0.1, 0.15) is 5.75 Å². The van der Waals surface area contributed by atoms with Crippen LogP contribution in [0.5, 0.6) is 5.75 Å². The first-order chi connectivity index (χ1) is 7.24. The quantitative estimate of drug-likeness (QED) is 0.721. The SMILES string of the molecule is CN1C(=O)C(CCCl)Oc2ccccc21. The fourth-order valence-electron chi connectivity index (χ4n) is 1.65. The van der Waals surface area contributed by atoms with Gasteiger partial charge in [0.15, 0.2) is 6.10 Å². The zero-order valence-electron chi connectivity index (χ0n) is 8.44. The molecular weight excluding hydrogens is 214 g/mol. The van der Waals surface area contributed by atoms with Crippen LogP contribution in [0, 0.1) is 0 Å². The second-order valence-corrected chi connectivity index (χ2v) is 3.83. The zero-order chi connectivity index (χ0) is 10.8. The Labute approximate surface area is 93.6 Å². The van der Waals surface area contributed by atoms with Crippen LogP contribution in [0.1, 0.15) is 6.42 Å². The number of halogens is 1. The number of hydrogen-bond donors (Lipinski definition) is 0. The third-order valence-corrected chi connectivity index (χ3v) is 2.69. The molecule has 2 rings (SSSR count). The summed E-state index contributed by atoms with van der Waals surface area (Å²) in [7, 11) is 1.75. The first-order valence-electron chi connectivity index (χ1n) is 4.83. The summed E-state index contributed by atoms with van der Waals surface area (Å²) in [4.78, 5) is 13.4. The lowest BCUT2D eigenvalue weighted by atomic mass is 10.1. The molecule has 1 aliphatic rings. The summed E-state index contributed by atoms with van der Waals surface area (Å²) in [5, 5.41) is 0. The molecule has 1 atom stereocenters. The highest BCUT2D eigenvalue weighted by Crippen LogP contribution is 2.33. The van der Waals surface area contributed by atoms with Gasteiger partial charge < -0.3 is 9.64 Å². The predicted octanol–water partition coefficient (Wildman–Crippen LogP) is 2.04. The van der Waals surface area contributed by atoms with Gasteiger partial charge in [-0.15, -0.1) is 11.6 Å². The number of benzene rings is 1. The molecular formula is C11H12ClNO2. The molecule has 0 radical (unpaired) electrons. The lowest BCUT2D eigenvalue weighted by Gasteiger charge is -2.31. The van der Waals surface area contributed by atoms with E-state index < -0.39 is 6.10 Å². The predicted molar refractivity (Wildman–Crippen MR) is 59.6 cm³/mol. The van der Waals surface area contributed by atoms with Gasteiger partial charge in [0, 0.05) is 19.3 Å². The zero-order valence-corrected chi connectivity index (χ0v) is 9.20. The van der Waals surface area contributed by atoms with Crippen molar-refractivity contribution >= 4 is 23.2 Å². The Morgan fingerprint density at radius 3 is 2.93 bits per heavy atom. The van der Waals surface area contributed by atoms with Crippen LogP contribution < -0.4 is 9.64 Å². The van der Waals surface area contributed by atoms with Gasteiger partial charge in [-0.3, -0.25) is 4.79 Å². The Hall–Kier alpha value is -1.22. The topological polar surface area (TPSA) is 29.5 Å². The average molecular weight is 226 g/mol. The molecule has 1 amide bonds. The van der Waals surface area contributed by atoms with Gasteiger partial charge in [-0.1, -0.05) is 12.1 Å². The number of ether oxygens (including phenoxy) is 1. The number of rotatable bonds is 2. The molecule has 0 saturated carbocycles. The highest BCUT2D eigenvalue weighted by Gasteiger charge is 2.31. The number of nitrogens with zero attached hydrogens (tertiary/aromatic N) is 1. The van der Waals surface area contributed by atoms with Crippen molar-refractivity contribution in [3.05, 3.63) is 24.3 Å². The Bertz CT molecular complexity index is 381. The number of carbonyl (C=O) groups excluding carboxylic acids is 1. The van der Waals surface area contributed by atoms with E-state index >= 15 is 0 Å². The van der Waals surface area contributed by atoms with E-state index in [0.717, 1.165) is 11.4 Å². The maximum absolute atomic E-state index is 11.8. The summed E-state index contributed by atoms with van der Waals surface area (Å²) in [6, 6.07) is 7.50. The van der Waals surface area contributed by atoms with E-state index in [1.807, 2.05) is 24.3 Å². The van der Waals surface area contributed by atoms with Crippen molar-refractivity contribution in [1.29, 1.82) is 0 Å². The minimum atomic E-state index is -0.442. The van der Waals surface area contributed by atoms with Crippen LogP contribution in [0.15, 0.2) is 24.3 Å². The second kappa shape index (κ2) is 4.11. The van der Waals surface area contributed by atoms with Gasteiger partial charge in [0.05, 0.1) is 5.69 Å². The fraction of sp³-hybridized carbons (Fsp3) is 0.364. The third kappa shape index (κ3) is 1.79. The highest BCUT2D eigenvalue weighted by atomic mass is 35.5. The van der Waals surface area contributed by atoms with Crippen molar-refractivity contribution in [2.75, 3.05) is 17.8 Å². The number of para-hydroxylation sites is 2. The maximum Gasteiger partial charge on any atom is 0.267 e. The molecule has 80 valence electrons. The molecule has 4 heteroatoms. The van der Waals surface area contributed by atoms with Crippen LogP contribution >= 0.6 is 11.6 Å². The molecule has 1 aromatic carbocycles. The molecule has 3 nitrogen and oxygen atoms in total. The number of carbonyl (C=O) groups is 1. The van der Waals surface area contributed by atoms with Crippen LogP contribution in [0.2, 0.25) is 0 Å². The molecule has 0 aliphatic carbocycles. The van der Waals surface area contributed by atoms with Gasteiger partial charge in [0.25, 0.3) is 5.91 Å². The summed E-state index contributed by atoms with van der Waals surface area (Å²) < 4.78 is 5.58. The molecule has 1 heterocycles. The van der Waals surface area contributed by atoms with Crippen molar-refractivity contribution in [3.63, 3.8) is 0 Å². The number of likely N-dealkylation sites (N-methyl/N-ethyl adjacent to an activating group) is 1. The summed E-state index contributed by atoms with van der Waals surface area (Å²) >= 11 is 5.62. The molecule has 0 N–H and O–H groups in total. The Morgan fingerprint density at radius 2 is 2.20 bits per heavy atom. The monoisotopic (exact) mass is 225 g/mol. The Kier molecular flexibility index (Phi) is 2.82. The van der Waals surface area contributed by atoms with Crippen LogP contribution in [-0.2, 0) is 4.79 Å². The number of alkyl halides is 1. The van der Waals surface area contributed by atoms with E-state index in [2.05, 4.69) is 0 Å².